The highest BCUT2D eigenvalue weighted by Gasteiger charge is 2.58. The van der Waals surface area contributed by atoms with Gasteiger partial charge in [0.1, 0.15) is 0 Å². The van der Waals surface area contributed by atoms with Crippen molar-refractivity contribution in [3.8, 4) is 0 Å². The monoisotopic (exact) mass is 387 g/mol. The molecule has 2 saturated carbocycles. The molecule has 0 aromatic heterocycles. The first kappa shape index (κ1) is 20.9. The van der Waals surface area contributed by atoms with Crippen molar-refractivity contribution in [2.45, 2.75) is 117 Å². The minimum Gasteiger partial charge on any atom is -0.393 e. The first-order valence-electron chi connectivity index (χ1n) is 12.4. The average Bonchev–Trinajstić information content (AvgIpc) is 2.99. The molecule has 3 aliphatic carbocycles. The van der Waals surface area contributed by atoms with Crippen LogP contribution in [0.25, 0.3) is 0 Å². The molecular weight excluding hydrogens is 342 g/mol. The highest BCUT2D eigenvalue weighted by Crippen LogP contribution is 2.62. The molecule has 3 fully saturated rings. The lowest BCUT2D eigenvalue weighted by Crippen LogP contribution is -2.57. The lowest BCUT2D eigenvalue weighted by atomic mass is 9.49. The van der Waals surface area contributed by atoms with Crippen molar-refractivity contribution in [2.75, 3.05) is 6.54 Å². The molecule has 2 nitrogen and oxygen atoms in total. The lowest BCUT2D eigenvalue weighted by Gasteiger charge is -2.58. The van der Waals surface area contributed by atoms with E-state index in [-0.39, 0.29) is 6.10 Å². The van der Waals surface area contributed by atoms with Gasteiger partial charge in [0, 0.05) is 11.6 Å². The van der Waals surface area contributed by atoms with E-state index in [1.165, 1.54) is 57.9 Å². The van der Waals surface area contributed by atoms with E-state index >= 15 is 0 Å². The fraction of sp³-hybridized carbons (Fsp3) is 0.923. The highest BCUT2D eigenvalue weighted by atomic mass is 16.3. The Kier molecular flexibility index (Phi) is 5.77. The molecule has 0 unspecified atom stereocenters. The van der Waals surface area contributed by atoms with E-state index in [1.807, 2.05) is 0 Å². The van der Waals surface area contributed by atoms with Crippen LogP contribution >= 0.6 is 0 Å². The van der Waals surface area contributed by atoms with Crippen LogP contribution in [0.3, 0.4) is 0 Å². The third kappa shape index (κ3) is 3.41. The second-order valence-corrected chi connectivity index (χ2v) is 11.7. The molecule has 0 spiro atoms. The Balaban J connectivity index is 1.49. The van der Waals surface area contributed by atoms with E-state index in [1.54, 1.807) is 5.57 Å². The maximum atomic E-state index is 10.2. The van der Waals surface area contributed by atoms with E-state index in [0.29, 0.717) is 11.0 Å². The molecule has 160 valence electrons. The predicted molar refractivity (Wildman–Crippen MR) is 118 cm³/mol. The summed E-state index contributed by atoms with van der Waals surface area (Å²) in [4.78, 5) is 2.93. The quantitative estimate of drug-likeness (QED) is 0.569. The Morgan fingerprint density at radius 1 is 1.07 bits per heavy atom. The molecule has 0 radical (unpaired) electrons. The Morgan fingerprint density at radius 2 is 1.86 bits per heavy atom. The summed E-state index contributed by atoms with van der Waals surface area (Å²) in [7, 11) is 0. The molecule has 0 amide bonds. The molecule has 2 heteroatoms. The first-order valence-corrected chi connectivity index (χ1v) is 12.4. The lowest BCUT2D eigenvalue weighted by molar-refractivity contribution is -0.0519. The molecule has 1 saturated heterocycles. The summed E-state index contributed by atoms with van der Waals surface area (Å²) in [6, 6.07) is 0.736. The van der Waals surface area contributed by atoms with Crippen molar-refractivity contribution in [3.63, 3.8) is 0 Å². The van der Waals surface area contributed by atoms with Crippen molar-refractivity contribution >= 4 is 0 Å². The van der Waals surface area contributed by atoms with Gasteiger partial charge in [-0.3, -0.25) is 4.90 Å². The van der Waals surface area contributed by atoms with Gasteiger partial charge in [-0.15, -0.1) is 0 Å². The number of aliphatic hydroxyl groups is 1. The predicted octanol–water partition coefficient (Wildman–Crippen LogP) is 6.19. The minimum atomic E-state index is -0.0848. The highest BCUT2D eigenvalue weighted by molar-refractivity contribution is 5.26. The number of allylic oxidation sites excluding steroid dienone is 1. The van der Waals surface area contributed by atoms with E-state index in [9.17, 15) is 5.11 Å². The van der Waals surface area contributed by atoms with Crippen LogP contribution in [0.4, 0.5) is 0 Å². The zero-order valence-electron chi connectivity index (χ0n) is 19.2. The van der Waals surface area contributed by atoms with Crippen molar-refractivity contribution in [1.82, 2.24) is 4.90 Å². The SMILES string of the molecule is CC(C)CCC[C@H](C)N1CC[C@H]2[C@@H]3CC=C4C[C@@H](O)CC[C@]4(C)[C@H]3CC[C@@]21C. The van der Waals surface area contributed by atoms with Crippen LogP contribution in [0.1, 0.15) is 98.8 Å². The largest absolute Gasteiger partial charge is 0.393 e. The summed E-state index contributed by atoms with van der Waals surface area (Å²) < 4.78 is 0. The van der Waals surface area contributed by atoms with Gasteiger partial charge in [0.25, 0.3) is 0 Å². The number of rotatable bonds is 5. The van der Waals surface area contributed by atoms with Crippen LogP contribution in [-0.2, 0) is 0 Å². The summed E-state index contributed by atoms with van der Waals surface area (Å²) in [5.41, 5.74) is 2.40. The smallest absolute Gasteiger partial charge is 0.0577 e. The molecule has 0 aromatic rings. The molecular formula is C26H45NO. The fourth-order valence-electron chi connectivity index (χ4n) is 8.06. The van der Waals surface area contributed by atoms with Gasteiger partial charge in [0.2, 0.25) is 0 Å². The Morgan fingerprint density at radius 3 is 2.61 bits per heavy atom. The maximum absolute atomic E-state index is 10.2. The third-order valence-electron chi connectivity index (χ3n) is 9.71. The number of fused-ring (bicyclic) bond motifs is 5. The van der Waals surface area contributed by atoms with Crippen LogP contribution in [-0.4, -0.2) is 34.2 Å². The van der Waals surface area contributed by atoms with Gasteiger partial charge in [0.05, 0.1) is 6.10 Å². The van der Waals surface area contributed by atoms with Crippen molar-refractivity contribution in [1.29, 1.82) is 0 Å². The summed E-state index contributed by atoms with van der Waals surface area (Å²) in [6.07, 6.45) is 15.3. The van der Waals surface area contributed by atoms with Gasteiger partial charge in [-0.1, -0.05) is 45.3 Å². The van der Waals surface area contributed by atoms with Crippen LogP contribution < -0.4 is 0 Å². The second-order valence-electron chi connectivity index (χ2n) is 11.7. The van der Waals surface area contributed by atoms with E-state index < -0.39 is 0 Å². The average molecular weight is 388 g/mol. The minimum absolute atomic E-state index is 0.0848. The van der Waals surface area contributed by atoms with E-state index in [4.69, 9.17) is 0 Å². The van der Waals surface area contributed by atoms with Gasteiger partial charge in [-0.2, -0.15) is 0 Å². The molecule has 1 heterocycles. The van der Waals surface area contributed by atoms with Gasteiger partial charge in [-0.05, 0) is 101 Å². The van der Waals surface area contributed by atoms with Crippen molar-refractivity contribution in [3.05, 3.63) is 11.6 Å². The summed E-state index contributed by atoms with van der Waals surface area (Å²) in [5, 5.41) is 10.2. The molecule has 0 aromatic carbocycles. The summed E-state index contributed by atoms with van der Waals surface area (Å²) >= 11 is 0. The van der Waals surface area contributed by atoms with Gasteiger partial charge < -0.3 is 5.11 Å². The zero-order chi connectivity index (χ0) is 20.1. The molecule has 7 atom stereocenters. The number of hydrogen-bond acceptors (Lipinski definition) is 2. The van der Waals surface area contributed by atoms with Crippen molar-refractivity contribution < 1.29 is 5.11 Å². The third-order valence-corrected chi connectivity index (χ3v) is 9.71. The Hall–Kier alpha value is -0.340. The molecule has 1 N–H and O–H groups in total. The standard InChI is InChI=1S/C26H45NO/c1-18(2)7-6-8-19(3)27-16-13-24-22-10-9-20-17-21(28)11-14-25(20,4)23(22)12-15-26(24,27)5/h9,18-19,21-24,28H,6-8,10-17H2,1-5H3/t19-,21-,22+,23-,24-,25-,26-/m0/s1. The van der Waals surface area contributed by atoms with Crippen LogP contribution in [0.2, 0.25) is 0 Å². The van der Waals surface area contributed by atoms with E-state index in [2.05, 4.69) is 45.6 Å². The topological polar surface area (TPSA) is 23.5 Å². The van der Waals surface area contributed by atoms with Crippen molar-refractivity contribution in [2.24, 2.45) is 29.1 Å². The first-order chi connectivity index (χ1) is 13.3. The summed E-state index contributed by atoms with van der Waals surface area (Å²) in [5.74, 6) is 3.44. The Bertz CT molecular complexity index is 597. The molecule has 4 rings (SSSR count). The van der Waals surface area contributed by atoms with Gasteiger partial charge in [0.15, 0.2) is 0 Å². The zero-order valence-corrected chi connectivity index (χ0v) is 19.2. The van der Waals surface area contributed by atoms with Crippen LogP contribution in [0.15, 0.2) is 11.6 Å². The fourth-order valence-corrected chi connectivity index (χ4v) is 8.06. The maximum Gasteiger partial charge on any atom is 0.0577 e. The van der Waals surface area contributed by atoms with Gasteiger partial charge in [-0.25, -0.2) is 0 Å². The normalized spacial score (nSPS) is 44.6. The van der Waals surface area contributed by atoms with E-state index in [0.717, 1.165) is 42.6 Å². The van der Waals surface area contributed by atoms with Gasteiger partial charge >= 0.3 is 0 Å². The molecule has 1 aliphatic heterocycles. The molecule has 0 bridgehead atoms. The summed E-state index contributed by atoms with van der Waals surface area (Å²) in [6.45, 7) is 13.7. The second kappa shape index (κ2) is 7.73. The number of nitrogens with zero attached hydrogens (tertiary/aromatic N) is 1. The number of likely N-dealkylation sites (tertiary alicyclic amines) is 1. The molecule has 28 heavy (non-hydrogen) atoms. The molecule has 4 aliphatic rings. The van der Waals surface area contributed by atoms with Crippen LogP contribution in [0, 0.1) is 29.1 Å². The number of aliphatic hydroxyl groups excluding tert-OH is 1. The van der Waals surface area contributed by atoms with Crippen LogP contribution in [0.5, 0.6) is 0 Å². The number of hydrogen-bond donors (Lipinski definition) is 1. The Labute approximate surface area is 174 Å².